The number of halogens is 1. The minimum absolute atomic E-state index is 0.0697. The summed E-state index contributed by atoms with van der Waals surface area (Å²) in [5.74, 6) is -0.0907. The van der Waals surface area contributed by atoms with Gasteiger partial charge in [-0.2, -0.15) is 0 Å². The molecule has 0 aliphatic carbocycles. The van der Waals surface area contributed by atoms with Crippen LogP contribution in [0.5, 0.6) is 0 Å². The molecule has 3 N–H and O–H groups in total. The van der Waals surface area contributed by atoms with E-state index in [0.29, 0.717) is 13.0 Å². The van der Waals surface area contributed by atoms with Crippen LogP contribution in [0.15, 0.2) is 0 Å². The zero-order valence-electron chi connectivity index (χ0n) is 10.2. The number of rotatable bonds is 7. The summed E-state index contributed by atoms with van der Waals surface area (Å²) in [5.41, 5.74) is 5.40. The maximum atomic E-state index is 12.0. The Labute approximate surface area is 111 Å². The zero-order valence-corrected chi connectivity index (χ0v) is 12.3. The third kappa shape index (κ3) is 6.42. The predicted molar refractivity (Wildman–Crippen MR) is 73.6 cm³/mol. The van der Waals surface area contributed by atoms with Crippen molar-refractivity contribution >= 4 is 34.3 Å². The van der Waals surface area contributed by atoms with E-state index >= 15 is 0 Å². The van der Waals surface area contributed by atoms with Crippen molar-refractivity contribution in [3.63, 3.8) is 0 Å². The highest BCUT2D eigenvalue weighted by molar-refractivity contribution is 14.1. The van der Waals surface area contributed by atoms with Gasteiger partial charge >= 0.3 is 0 Å². The molecule has 0 aromatic heterocycles. The van der Waals surface area contributed by atoms with Crippen LogP contribution in [-0.2, 0) is 9.59 Å². The number of ketones is 1. The van der Waals surface area contributed by atoms with E-state index in [1.54, 1.807) is 0 Å². The fourth-order valence-electron chi connectivity index (χ4n) is 1.42. The maximum absolute atomic E-state index is 12.0. The number of Topliss-reactive ketones (excluding diaryl/α,β-unsaturated/α-hetero) is 1. The Bertz CT molecular complexity index is 249. The van der Waals surface area contributed by atoms with Gasteiger partial charge in [0.2, 0.25) is 5.91 Å². The lowest BCUT2D eigenvalue weighted by molar-refractivity contribution is -0.127. The van der Waals surface area contributed by atoms with Crippen LogP contribution in [0.3, 0.4) is 0 Å². The van der Waals surface area contributed by atoms with E-state index in [-0.39, 0.29) is 17.7 Å². The van der Waals surface area contributed by atoms with E-state index in [4.69, 9.17) is 5.73 Å². The van der Waals surface area contributed by atoms with E-state index < -0.39 is 3.42 Å². The third-order valence-electron chi connectivity index (χ3n) is 2.23. The summed E-state index contributed by atoms with van der Waals surface area (Å²) in [6.45, 7) is 5.76. The van der Waals surface area contributed by atoms with E-state index in [1.807, 2.05) is 13.8 Å². The van der Waals surface area contributed by atoms with E-state index in [9.17, 15) is 9.59 Å². The Hall–Kier alpha value is -0.170. The van der Waals surface area contributed by atoms with Crippen molar-refractivity contribution in [2.45, 2.75) is 49.5 Å². The normalized spacial score (nSPS) is 13.3. The lowest BCUT2D eigenvalue weighted by Gasteiger charge is -2.23. The molecule has 0 heterocycles. The third-order valence-corrected chi connectivity index (χ3v) is 2.76. The molecule has 0 aromatic rings. The van der Waals surface area contributed by atoms with Crippen LogP contribution in [0, 0.1) is 0 Å². The van der Waals surface area contributed by atoms with Crippen molar-refractivity contribution in [1.29, 1.82) is 0 Å². The van der Waals surface area contributed by atoms with Crippen LogP contribution in [0.25, 0.3) is 0 Å². The lowest BCUT2D eigenvalue weighted by Crippen LogP contribution is -2.46. The minimum atomic E-state index is -0.451. The van der Waals surface area contributed by atoms with Gasteiger partial charge in [0, 0.05) is 6.92 Å². The number of nitrogens with one attached hydrogen (secondary N) is 1. The lowest BCUT2D eigenvalue weighted by atomic mass is 9.97. The first-order valence-corrected chi connectivity index (χ1v) is 6.57. The van der Waals surface area contributed by atoms with Crippen molar-refractivity contribution in [1.82, 2.24) is 5.32 Å². The number of hydrogen-bond acceptors (Lipinski definition) is 3. The highest BCUT2D eigenvalue weighted by Crippen LogP contribution is 2.21. The number of nitrogens with two attached hydrogens (primary N) is 1. The molecule has 0 spiro atoms. The smallest absolute Gasteiger partial charge is 0.217 e. The summed E-state index contributed by atoms with van der Waals surface area (Å²) >= 11 is 2.10. The number of hydrogen-bond donors (Lipinski definition) is 2. The molecule has 0 saturated carbocycles. The molecule has 1 atom stereocenters. The molecule has 0 bridgehead atoms. The first kappa shape index (κ1) is 15.8. The van der Waals surface area contributed by atoms with Gasteiger partial charge in [-0.1, -0.05) is 22.6 Å². The van der Waals surface area contributed by atoms with Crippen LogP contribution >= 0.6 is 22.6 Å². The van der Waals surface area contributed by atoms with Crippen LogP contribution in [0.1, 0.15) is 40.0 Å². The van der Waals surface area contributed by atoms with E-state index in [0.717, 1.165) is 12.8 Å². The van der Waals surface area contributed by atoms with Gasteiger partial charge in [-0.25, -0.2) is 0 Å². The quantitative estimate of drug-likeness (QED) is 0.418. The van der Waals surface area contributed by atoms with Crippen molar-refractivity contribution in [3.8, 4) is 0 Å². The molecular weight excluding hydrogens is 319 g/mol. The predicted octanol–water partition coefficient (Wildman–Crippen LogP) is 1.40. The number of unbranched alkanes of at least 4 members (excludes halogenated alkanes) is 1. The van der Waals surface area contributed by atoms with Gasteiger partial charge in [-0.05, 0) is 39.7 Å². The maximum Gasteiger partial charge on any atom is 0.217 e. The monoisotopic (exact) mass is 340 g/mol. The fraction of sp³-hybridized carbons (Fsp3) is 0.818. The summed E-state index contributed by atoms with van der Waals surface area (Å²) in [4.78, 5) is 23.1. The molecule has 0 unspecified atom stereocenters. The highest BCUT2D eigenvalue weighted by Gasteiger charge is 2.31. The molecule has 16 heavy (non-hydrogen) atoms. The second-order valence-corrected chi connectivity index (χ2v) is 7.07. The van der Waals surface area contributed by atoms with Gasteiger partial charge in [0.1, 0.15) is 0 Å². The first-order chi connectivity index (χ1) is 7.29. The molecule has 1 amide bonds. The van der Waals surface area contributed by atoms with Gasteiger partial charge in [0.15, 0.2) is 5.78 Å². The van der Waals surface area contributed by atoms with Crippen molar-refractivity contribution in [2.24, 2.45) is 5.73 Å². The molecule has 0 radical (unpaired) electrons. The Morgan fingerprint density at radius 1 is 1.38 bits per heavy atom. The summed E-state index contributed by atoms with van der Waals surface area (Å²) < 4.78 is -0.451. The molecule has 0 aliphatic heterocycles. The molecule has 4 nitrogen and oxygen atoms in total. The van der Waals surface area contributed by atoms with Crippen molar-refractivity contribution in [2.75, 3.05) is 6.54 Å². The van der Waals surface area contributed by atoms with Crippen LogP contribution < -0.4 is 11.1 Å². The highest BCUT2D eigenvalue weighted by atomic mass is 127. The zero-order chi connectivity index (χ0) is 12.8. The van der Waals surface area contributed by atoms with Gasteiger partial charge in [-0.15, -0.1) is 0 Å². The van der Waals surface area contributed by atoms with Crippen LogP contribution in [0.4, 0.5) is 0 Å². The Morgan fingerprint density at radius 2 is 1.94 bits per heavy atom. The molecular formula is C11H21IN2O2. The van der Waals surface area contributed by atoms with Gasteiger partial charge in [-0.3, -0.25) is 9.59 Å². The van der Waals surface area contributed by atoms with Crippen LogP contribution in [-0.4, -0.2) is 27.7 Å². The molecule has 0 rings (SSSR count). The summed E-state index contributed by atoms with van der Waals surface area (Å²) in [6.07, 6.45) is 2.41. The van der Waals surface area contributed by atoms with Gasteiger partial charge < -0.3 is 11.1 Å². The largest absolute Gasteiger partial charge is 0.346 e. The molecule has 0 aliphatic rings. The number of carbonyl (C=O) groups excluding carboxylic acids is 2. The molecule has 94 valence electrons. The topological polar surface area (TPSA) is 72.2 Å². The standard InChI is InChI=1S/C11H21IN2O2/c1-8(15)14-9(6-4-5-7-13)10(16)11(2,3)12/h9H,4-7,13H2,1-3H3,(H,14,15)/t9-/m0/s1. The summed E-state index contributed by atoms with van der Waals surface area (Å²) in [5, 5.41) is 2.71. The number of alkyl halides is 1. The average molecular weight is 340 g/mol. The average Bonchev–Trinajstić information content (AvgIpc) is 2.13. The number of carbonyl (C=O) groups is 2. The Morgan fingerprint density at radius 3 is 2.31 bits per heavy atom. The molecule has 0 fully saturated rings. The molecule has 0 saturated heterocycles. The molecule has 0 aromatic carbocycles. The van der Waals surface area contributed by atoms with Crippen molar-refractivity contribution in [3.05, 3.63) is 0 Å². The summed E-state index contributed by atoms with van der Waals surface area (Å²) in [7, 11) is 0. The fourth-order valence-corrected chi connectivity index (χ4v) is 1.80. The van der Waals surface area contributed by atoms with E-state index in [1.165, 1.54) is 6.92 Å². The minimum Gasteiger partial charge on any atom is -0.346 e. The van der Waals surface area contributed by atoms with E-state index in [2.05, 4.69) is 27.9 Å². The summed E-state index contributed by atoms with van der Waals surface area (Å²) in [6, 6.07) is -0.379. The van der Waals surface area contributed by atoms with Gasteiger partial charge in [0.25, 0.3) is 0 Å². The Kier molecular flexibility index (Phi) is 7.14. The second-order valence-electron chi connectivity index (χ2n) is 4.37. The van der Waals surface area contributed by atoms with Gasteiger partial charge in [0.05, 0.1) is 9.46 Å². The first-order valence-electron chi connectivity index (χ1n) is 5.49. The Balaban J connectivity index is 4.42. The van der Waals surface area contributed by atoms with Crippen LogP contribution in [0.2, 0.25) is 0 Å². The second kappa shape index (κ2) is 7.21. The molecule has 5 heteroatoms. The van der Waals surface area contributed by atoms with Crippen molar-refractivity contribution < 1.29 is 9.59 Å². The SMILES string of the molecule is CC(=O)N[C@@H](CCCCN)C(=O)C(C)(C)I. The number of amides is 1.